The Kier molecular flexibility index (Phi) is 3.39. The van der Waals surface area contributed by atoms with Crippen molar-refractivity contribution in [2.24, 2.45) is 17.8 Å². The van der Waals surface area contributed by atoms with Crippen molar-refractivity contribution >= 4 is 10.1 Å². The molecule has 104 valence electrons. The Hall–Kier alpha value is -0.870. The predicted octanol–water partition coefficient (Wildman–Crippen LogP) is 3.14. The van der Waals surface area contributed by atoms with Gasteiger partial charge in [0.1, 0.15) is 0 Å². The van der Waals surface area contributed by atoms with Crippen molar-refractivity contribution in [3.8, 4) is 0 Å². The van der Waals surface area contributed by atoms with Gasteiger partial charge in [0.2, 0.25) is 0 Å². The van der Waals surface area contributed by atoms with Crippen molar-refractivity contribution < 1.29 is 12.6 Å². The molecule has 0 radical (unpaired) electrons. The van der Waals surface area contributed by atoms with Crippen LogP contribution >= 0.6 is 0 Å². The highest BCUT2D eigenvalue weighted by molar-refractivity contribution is 7.86. The molecule has 1 aromatic carbocycles. The molecule has 3 atom stereocenters. The van der Waals surface area contributed by atoms with Crippen molar-refractivity contribution in [2.75, 3.05) is 6.61 Å². The zero-order chi connectivity index (χ0) is 13.5. The van der Waals surface area contributed by atoms with E-state index in [2.05, 4.69) is 0 Å². The van der Waals surface area contributed by atoms with Gasteiger partial charge in [-0.05, 0) is 43.2 Å². The Morgan fingerprint density at radius 2 is 1.79 bits per heavy atom. The van der Waals surface area contributed by atoms with Gasteiger partial charge in [-0.1, -0.05) is 37.0 Å². The lowest BCUT2D eigenvalue weighted by Gasteiger charge is -2.49. The monoisotopic (exact) mass is 280 g/mol. The molecular formula is C15H20O3S. The molecule has 0 spiro atoms. The van der Waals surface area contributed by atoms with E-state index >= 15 is 0 Å². The first-order chi connectivity index (χ1) is 9.06. The Bertz CT molecular complexity index is 533. The second-order valence-electron chi connectivity index (χ2n) is 5.90. The van der Waals surface area contributed by atoms with Gasteiger partial charge in [-0.25, -0.2) is 0 Å². The smallest absolute Gasteiger partial charge is 0.266 e. The summed E-state index contributed by atoms with van der Waals surface area (Å²) in [5.41, 5.74) is 1.05. The Morgan fingerprint density at radius 3 is 2.37 bits per heavy atom. The van der Waals surface area contributed by atoms with Crippen LogP contribution in [0.15, 0.2) is 29.2 Å². The van der Waals surface area contributed by atoms with Crippen LogP contribution < -0.4 is 0 Å². The molecule has 2 saturated carbocycles. The van der Waals surface area contributed by atoms with E-state index in [9.17, 15) is 8.42 Å². The van der Waals surface area contributed by atoms with Crippen molar-refractivity contribution in [3.63, 3.8) is 0 Å². The molecule has 0 aromatic heterocycles. The molecular weight excluding hydrogens is 260 g/mol. The third-order valence-corrected chi connectivity index (χ3v) is 5.99. The summed E-state index contributed by atoms with van der Waals surface area (Å²) in [6, 6.07) is 6.83. The molecule has 3 nitrogen and oxygen atoms in total. The summed E-state index contributed by atoms with van der Waals surface area (Å²) in [5, 5.41) is 0. The zero-order valence-electron chi connectivity index (χ0n) is 11.2. The third-order valence-electron chi connectivity index (χ3n) is 4.69. The van der Waals surface area contributed by atoms with Gasteiger partial charge < -0.3 is 0 Å². The van der Waals surface area contributed by atoms with Crippen LogP contribution in [0, 0.1) is 24.7 Å². The summed E-state index contributed by atoms with van der Waals surface area (Å²) in [4.78, 5) is 0.266. The molecule has 0 heterocycles. The fraction of sp³-hybridized carbons (Fsp3) is 0.600. The van der Waals surface area contributed by atoms with E-state index in [1.54, 1.807) is 24.3 Å². The van der Waals surface area contributed by atoms with Gasteiger partial charge in [0.05, 0.1) is 11.5 Å². The van der Waals surface area contributed by atoms with E-state index in [0.29, 0.717) is 24.4 Å². The Labute approximate surface area is 115 Å². The summed E-state index contributed by atoms with van der Waals surface area (Å²) in [7, 11) is -3.58. The van der Waals surface area contributed by atoms with Gasteiger partial charge in [-0.3, -0.25) is 4.18 Å². The van der Waals surface area contributed by atoms with E-state index < -0.39 is 10.1 Å². The fourth-order valence-corrected chi connectivity index (χ4v) is 4.39. The van der Waals surface area contributed by atoms with E-state index in [0.717, 1.165) is 5.56 Å². The Morgan fingerprint density at radius 1 is 1.16 bits per heavy atom. The van der Waals surface area contributed by atoms with Gasteiger partial charge in [0.15, 0.2) is 0 Å². The molecule has 1 aromatic rings. The lowest BCUT2D eigenvalue weighted by molar-refractivity contribution is -0.0152. The Balaban J connectivity index is 1.64. The van der Waals surface area contributed by atoms with E-state index in [1.165, 1.54) is 25.7 Å². The highest BCUT2D eigenvalue weighted by Crippen LogP contribution is 2.50. The maximum atomic E-state index is 12.1. The van der Waals surface area contributed by atoms with Crippen LogP contribution in [0.4, 0.5) is 0 Å². The molecule has 2 aliphatic rings. The number of fused-ring (bicyclic) bond motifs is 2. The second-order valence-corrected chi connectivity index (χ2v) is 7.52. The van der Waals surface area contributed by atoms with Gasteiger partial charge in [-0.15, -0.1) is 0 Å². The van der Waals surface area contributed by atoms with Crippen molar-refractivity contribution in [3.05, 3.63) is 29.8 Å². The van der Waals surface area contributed by atoms with Crippen LogP contribution in [0.2, 0.25) is 0 Å². The molecule has 1 unspecified atom stereocenters. The molecule has 0 saturated heterocycles. The van der Waals surface area contributed by atoms with E-state index in [-0.39, 0.29) is 4.90 Å². The highest BCUT2D eigenvalue weighted by Gasteiger charge is 2.44. The lowest BCUT2D eigenvalue weighted by atomic mass is 9.57. The van der Waals surface area contributed by atoms with E-state index in [1.807, 2.05) is 6.92 Å². The average Bonchev–Trinajstić information content (AvgIpc) is 2.40. The number of aryl methyl sites for hydroxylation is 1. The standard InChI is InChI=1S/C15H20O3S/c1-11-5-7-14(8-6-11)19(16,17)18-10-15-12-3-2-4-13(15)9-12/h5-8,12-13,15H,2-4,9-10H2,1H3/t12-,13+,15?. The van der Waals surface area contributed by atoms with E-state index in [4.69, 9.17) is 4.18 Å². The fourth-order valence-electron chi connectivity index (χ4n) is 3.45. The van der Waals surface area contributed by atoms with Crippen LogP contribution in [-0.4, -0.2) is 15.0 Å². The SMILES string of the molecule is Cc1ccc(S(=O)(=O)OCC2[C@@H]3CCC[C@H]2C3)cc1. The molecule has 2 fully saturated rings. The molecule has 2 bridgehead atoms. The lowest BCUT2D eigenvalue weighted by Crippen LogP contribution is -2.43. The number of rotatable bonds is 4. The summed E-state index contributed by atoms with van der Waals surface area (Å²) in [5.74, 6) is 1.87. The van der Waals surface area contributed by atoms with Crippen molar-refractivity contribution in [1.82, 2.24) is 0 Å². The molecule has 3 rings (SSSR count). The molecule has 19 heavy (non-hydrogen) atoms. The normalized spacial score (nSPS) is 29.8. The van der Waals surface area contributed by atoms with Crippen molar-refractivity contribution in [1.29, 1.82) is 0 Å². The first kappa shape index (κ1) is 13.1. The number of hydrogen-bond acceptors (Lipinski definition) is 3. The molecule has 4 heteroatoms. The zero-order valence-corrected chi connectivity index (χ0v) is 12.0. The molecule has 0 amide bonds. The minimum Gasteiger partial charge on any atom is -0.266 e. The summed E-state index contributed by atoms with van der Waals surface area (Å²) < 4.78 is 29.4. The first-order valence-electron chi connectivity index (χ1n) is 7.02. The van der Waals surface area contributed by atoms with Crippen LogP contribution in [0.5, 0.6) is 0 Å². The van der Waals surface area contributed by atoms with Gasteiger partial charge in [0, 0.05) is 0 Å². The number of hydrogen-bond donors (Lipinski definition) is 0. The quantitative estimate of drug-likeness (QED) is 0.796. The topological polar surface area (TPSA) is 43.4 Å². The van der Waals surface area contributed by atoms with Crippen LogP contribution in [0.3, 0.4) is 0 Å². The molecule has 0 aliphatic heterocycles. The summed E-state index contributed by atoms with van der Waals surface area (Å²) in [6.45, 7) is 2.30. The highest BCUT2D eigenvalue weighted by atomic mass is 32.2. The molecule has 2 aliphatic carbocycles. The number of benzene rings is 1. The van der Waals surface area contributed by atoms with Crippen molar-refractivity contribution in [2.45, 2.75) is 37.5 Å². The average molecular weight is 280 g/mol. The molecule has 0 N–H and O–H groups in total. The minimum absolute atomic E-state index is 0.266. The van der Waals surface area contributed by atoms with Crippen LogP contribution in [-0.2, 0) is 14.3 Å². The minimum atomic E-state index is -3.58. The second kappa shape index (κ2) is 4.91. The summed E-state index contributed by atoms with van der Waals surface area (Å²) in [6.07, 6.45) is 5.07. The maximum Gasteiger partial charge on any atom is 0.296 e. The largest absolute Gasteiger partial charge is 0.296 e. The first-order valence-corrected chi connectivity index (χ1v) is 8.43. The van der Waals surface area contributed by atoms with Gasteiger partial charge >= 0.3 is 0 Å². The van der Waals surface area contributed by atoms with Crippen LogP contribution in [0.25, 0.3) is 0 Å². The maximum absolute atomic E-state index is 12.1. The van der Waals surface area contributed by atoms with Gasteiger partial charge in [0.25, 0.3) is 10.1 Å². The van der Waals surface area contributed by atoms with Gasteiger partial charge in [-0.2, -0.15) is 8.42 Å². The summed E-state index contributed by atoms with van der Waals surface area (Å²) >= 11 is 0. The third kappa shape index (κ3) is 2.56. The van der Waals surface area contributed by atoms with Crippen LogP contribution in [0.1, 0.15) is 31.2 Å². The predicted molar refractivity (Wildman–Crippen MR) is 73.3 cm³/mol.